The minimum atomic E-state index is -0.694. The van der Waals surface area contributed by atoms with Crippen LogP contribution < -0.4 is 0 Å². The number of rotatable bonds is 2. The number of aliphatic hydroxyl groups is 1. The van der Waals surface area contributed by atoms with Crippen molar-refractivity contribution in [2.75, 3.05) is 0 Å². The first-order valence-electron chi connectivity index (χ1n) is 2.95. The highest BCUT2D eigenvalue weighted by atomic mass is 16.3. The molecule has 1 radical (unpaired) electrons. The predicted molar refractivity (Wildman–Crippen MR) is 32.2 cm³/mol. The van der Waals surface area contributed by atoms with Crippen LogP contribution in [0.1, 0.15) is 19.8 Å². The molecule has 1 aliphatic rings. The molecule has 1 N–H and O–H groups in total. The molecule has 0 spiro atoms. The smallest absolute Gasteiger partial charge is 0.0830 e. The zero-order valence-electron chi connectivity index (χ0n) is 5.09. The lowest BCUT2D eigenvalue weighted by Gasteiger charge is -2.15. The third kappa shape index (κ3) is 0.920. The average Bonchev–Trinajstić information content (AvgIpc) is 2.44. The molecule has 0 aromatic heterocycles. The van der Waals surface area contributed by atoms with Gasteiger partial charge in [-0.15, -0.1) is 0 Å². The quantitative estimate of drug-likeness (QED) is 0.566. The monoisotopic (exact) mass is 111 g/mol. The van der Waals surface area contributed by atoms with Crippen molar-refractivity contribution in [1.82, 2.24) is 0 Å². The summed E-state index contributed by atoms with van der Waals surface area (Å²) in [5, 5.41) is 9.28. The molecular weight excluding hydrogens is 100 g/mol. The maximum Gasteiger partial charge on any atom is 0.0830 e. The Morgan fingerprint density at radius 3 is 2.38 bits per heavy atom. The SMILES string of the molecule is [CH]=CC(C)(O)C1CC1. The largest absolute Gasteiger partial charge is 0.386 e. The van der Waals surface area contributed by atoms with E-state index in [4.69, 9.17) is 6.58 Å². The van der Waals surface area contributed by atoms with Gasteiger partial charge in [0.05, 0.1) is 5.60 Å². The molecule has 0 aromatic carbocycles. The van der Waals surface area contributed by atoms with Crippen molar-refractivity contribution in [2.24, 2.45) is 5.92 Å². The number of hydrogen-bond donors (Lipinski definition) is 1. The fraction of sp³-hybridized carbons (Fsp3) is 0.714. The Morgan fingerprint density at radius 2 is 2.25 bits per heavy atom. The minimum absolute atomic E-state index is 0.437. The molecule has 1 saturated carbocycles. The second kappa shape index (κ2) is 1.59. The van der Waals surface area contributed by atoms with Gasteiger partial charge in [0.2, 0.25) is 0 Å². The Kier molecular flexibility index (Phi) is 1.16. The lowest BCUT2D eigenvalue weighted by atomic mass is 10.0. The molecule has 0 aliphatic heterocycles. The molecule has 1 atom stereocenters. The minimum Gasteiger partial charge on any atom is -0.386 e. The summed E-state index contributed by atoms with van der Waals surface area (Å²) in [6.45, 7) is 6.93. The van der Waals surface area contributed by atoms with E-state index in [0.29, 0.717) is 5.92 Å². The topological polar surface area (TPSA) is 20.2 Å². The van der Waals surface area contributed by atoms with Gasteiger partial charge < -0.3 is 5.11 Å². The second-order valence-electron chi connectivity index (χ2n) is 2.67. The van der Waals surface area contributed by atoms with Crippen LogP contribution in [-0.2, 0) is 0 Å². The molecule has 1 rings (SSSR count). The van der Waals surface area contributed by atoms with Gasteiger partial charge in [0.25, 0.3) is 0 Å². The highest BCUT2D eigenvalue weighted by Crippen LogP contribution is 2.39. The van der Waals surface area contributed by atoms with Crippen molar-refractivity contribution in [1.29, 1.82) is 0 Å². The van der Waals surface area contributed by atoms with Crippen molar-refractivity contribution in [3.63, 3.8) is 0 Å². The van der Waals surface area contributed by atoms with Crippen LogP contribution in [0.3, 0.4) is 0 Å². The molecule has 1 heteroatoms. The van der Waals surface area contributed by atoms with Gasteiger partial charge in [0, 0.05) is 0 Å². The molecule has 0 heterocycles. The van der Waals surface area contributed by atoms with E-state index >= 15 is 0 Å². The van der Waals surface area contributed by atoms with Crippen LogP contribution in [0.2, 0.25) is 0 Å². The van der Waals surface area contributed by atoms with E-state index in [1.807, 2.05) is 0 Å². The van der Waals surface area contributed by atoms with Crippen molar-refractivity contribution in [3.05, 3.63) is 12.7 Å². The first kappa shape index (κ1) is 5.83. The van der Waals surface area contributed by atoms with Crippen molar-refractivity contribution >= 4 is 0 Å². The first-order valence-corrected chi connectivity index (χ1v) is 2.95. The molecule has 1 fully saturated rings. The van der Waals surface area contributed by atoms with Crippen molar-refractivity contribution in [3.8, 4) is 0 Å². The van der Waals surface area contributed by atoms with E-state index in [1.54, 1.807) is 6.92 Å². The Bertz CT molecular complexity index is 101. The molecule has 8 heavy (non-hydrogen) atoms. The van der Waals surface area contributed by atoms with Crippen LogP contribution >= 0.6 is 0 Å². The molecule has 1 aliphatic carbocycles. The summed E-state index contributed by atoms with van der Waals surface area (Å²) in [4.78, 5) is 0. The highest BCUT2D eigenvalue weighted by molar-refractivity contribution is 5.01. The summed E-state index contributed by atoms with van der Waals surface area (Å²) < 4.78 is 0. The predicted octanol–water partition coefficient (Wildman–Crippen LogP) is 1.14. The van der Waals surface area contributed by atoms with E-state index in [1.165, 1.54) is 6.08 Å². The van der Waals surface area contributed by atoms with Crippen LogP contribution in [0, 0.1) is 12.5 Å². The summed E-state index contributed by atoms with van der Waals surface area (Å²) in [6.07, 6.45) is 3.63. The fourth-order valence-electron chi connectivity index (χ4n) is 0.804. The lowest BCUT2D eigenvalue weighted by Crippen LogP contribution is -2.22. The van der Waals surface area contributed by atoms with E-state index in [2.05, 4.69) is 0 Å². The second-order valence-corrected chi connectivity index (χ2v) is 2.67. The fourth-order valence-corrected chi connectivity index (χ4v) is 0.804. The van der Waals surface area contributed by atoms with Gasteiger partial charge in [0.1, 0.15) is 0 Å². The van der Waals surface area contributed by atoms with E-state index < -0.39 is 5.60 Å². The Morgan fingerprint density at radius 1 is 1.75 bits per heavy atom. The Hall–Kier alpha value is -0.300. The summed E-state index contributed by atoms with van der Waals surface area (Å²) in [6, 6.07) is 0. The van der Waals surface area contributed by atoms with E-state index in [9.17, 15) is 5.11 Å². The molecule has 0 bridgehead atoms. The molecule has 0 saturated heterocycles. The van der Waals surface area contributed by atoms with E-state index in [-0.39, 0.29) is 0 Å². The van der Waals surface area contributed by atoms with Gasteiger partial charge in [-0.05, 0) is 25.7 Å². The average molecular weight is 111 g/mol. The summed E-state index contributed by atoms with van der Waals surface area (Å²) in [7, 11) is 0. The van der Waals surface area contributed by atoms with Gasteiger partial charge in [-0.1, -0.05) is 12.7 Å². The van der Waals surface area contributed by atoms with Crippen molar-refractivity contribution < 1.29 is 5.11 Å². The molecule has 1 unspecified atom stereocenters. The van der Waals surface area contributed by atoms with Gasteiger partial charge in [-0.2, -0.15) is 0 Å². The van der Waals surface area contributed by atoms with Crippen LogP contribution in [0.15, 0.2) is 6.08 Å². The van der Waals surface area contributed by atoms with E-state index in [0.717, 1.165) is 12.8 Å². The maximum absolute atomic E-state index is 9.28. The van der Waals surface area contributed by atoms with Crippen LogP contribution in [-0.4, -0.2) is 10.7 Å². The summed E-state index contributed by atoms with van der Waals surface area (Å²) in [5.74, 6) is 0.437. The Labute approximate surface area is 50.0 Å². The van der Waals surface area contributed by atoms with Gasteiger partial charge in [-0.25, -0.2) is 0 Å². The van der Waals surface area contributed by atoms with Crippen LogP contribution in [0.4, 0.5) is 0 Å². The zero-order chi connectivity index (χ0) is 6.20. The zero-order valence-corrected chi connectivity index (χ0v) is 5.09. The third-order valence-corrected chi connectivity index (χ3v) is 1.74. The third-order valence-electron chi connectivity index (χ3n) is 1.74. The molecule has 1 nitrogen and oxygen atoms in total. The maximum atomic E-state index is 9.28. The summed E-state index contributed by atoms with van der Waals surface area (Å²) in [5.41, 5.74) is -0.694. The molecular formula is C7H11O. The Balaban J connectivity index is 2.49. The highest BCUT2D eigenvalue weighted by Gasteiger charge is 2.37. The molecule has 0 amide bonds. The molecule has 0 aromatic rings. The summed E-state index contributed by atoms with van der Waals surface area (Å²) >= 11 is 0. The molecule has 45 valence electrons. The van der Waals surface area contributed by atoms with Crippen LogP contribution in [0.25, 0.3) is 0 Å². The van der Waals surface area contributed by atoms with Gasteiger partial charge >= 0.3 is 0 Å². The number of hydrogen-bond acceptors (Lipinski definition) is 1. The van der Waals surface area contributed by atoms with Gasteiger partial charge in [-0.3, -0.25) is 0 Å². The van der Waals surface area contributed by atoms with Crippen molar-refractivity contribution in [2.45, 2.75) is 25.4 Å². The van der Waals surface area contributed by atoms with Gasteiger partial charge in [0.15, 0.2) is 0 Å². The first-order chi connectivity index (χ1) is 3.67. The normalized spacial score (nSPS) is 26.8. The van der Waals surface area contributed by atoms with Crippen LogP contribution in [0.5, 0.6) is 0 Å². The standard InChI is InChI=1S/C7H11O/c1-3-7(2,8)6-4-5-6/h1,3,6,8H,4-5H2,2H3. The lowest BCUT2D eigenvalue weighted by molar-refractivity contribution is 0.0877.